The van der Waals surface area contributed by atoms with E-state index in [1.54, 1.807) is 42.6 Å². The zero-order valence-electron chi connectivity index (χ0n) is 13.9. The molecule has 1 aromatic carbocycles. The van der Waals surface area contributed by atoms with E-state index in [9.17, 15) is 19.5 Å². The minimum atomic E-state index is -0.925. The van der Waals surface area contributed by atoms with Crippen LogP contribution in [0.4, 0.5) is 0 Å². The second-order valence-corrected chi connectivity index (χ2v) is 5.84. The molecular weight excluding hydrogens is 336 g/mol. The second-order valence-electron chi connectivity index (χ2n) is 5.84. The summed E-state index contributed by atoms with van der Waals surface area (Å²) in [6, 6.07) is 11.6. The Hall–Kier alpha value is -3.26. The number of aliphatic hydroxyl groups is 1. The fourth-order valence-corrected chi connectivity index (χ4v) is 2.56. The van der Waals surface area contributed by atoms with Gasteiger partial charge in [0.15, 0.2) is 0 Å². The highest BCUT2D eigenvalue weighted by molar-refractivity contribution is 5.78. The number of amides is 1. The number of hydrogen-bond donors (Lipinski definition) is 2. The van der Waals surface area contributed by atoms with Gasteiger partial charge in [-0.05, 0) is 18.2 Å². The summed E-state index contributed by atoms with van der Waals surface area (Å²) in [6.45, 7) is -0.165. The Morgan fingerprint density at radius 2 is 1.88 bits per heavy atom. The van der Waals surface area contributed by atoms with Crippen LogP contribution in [0.25, 0.3) is 10.9 Å². The molecule has 134 valence electrons. The molecule has 2 N–H and O–H groups in total. The van der Waals surface area contributed by atoms with Gasteiger partial charge in [-0.2, -0.15) is 0 Å². The molecule has 3 rings (SSSR count). The molecule has 0 fully saturated rings. The number of carbonyl (C=O) groups excluding carboxylic acids is 1. The Kier molecular flexibility index (Phi) is 5.23. The second kappa shape index (κ2) is 7.75. The number of aromatic nitrogens is 3. The number of benzene rings is 1. The van der Waals surface area contributed by atoms with Gasteiger partial charge in [0.25, 0.3) is 11.1 Å². The van der Waals surface area contributed by atoms with Gasteiger partial charge in [0.05, 0.1) is 29.9 Å². The van der Waals surface area contributed by atoms with Gasteiger partial charge in [-0.3, -0.25) is 19.0 Å². The third kappa shape index (κ3) is 4.04. The summed E-state index contributed by atoms with van der Waals surface area (Å²) in [4.78, 5) is 40.1. The van der Waals surface area contributed by atoms with Crippen molar-refractivity contribution in [2.24, 2.45) is 0 Å². The Balaban J connectivity index is 1.59. The van der Waals surface area contributed by atoms with Gasteiger partial charge in [-0.15, -0.1) is 0 Å². The van der Waals surface area contributed by atoms with E-state index in [-0.39, 0.29) is 30.8 Å². The quantitative estimate of drug-likeness (QED) is 0.634. The number of nitrogens with zero attached hydrogens (tertiary/aromatic N) is 3. The highest BCUT2D eigenvalue weighted by atomic mass is 16.3. The normalized spacial score (nSPS) is 12.0. The molecule has 0 aliphatic carbocycles. The summed E-state index contributed by atoms with van der Waals surface area (Å²) < 4.78 is 2.57. The topological polar surface area (TPSA) is 106 Å². The van der Waals surface area contributed by atoms with E-state index in [1.807, 2.05) is 0 Å². The number of aliphatic hydroxyl groups excluding tert-OH is 1. The summed E-state index contributed by atoms with van der Waals surface area (Å²) in [6.07, 6.45) is 1.96. The molecule has 0 radical (unpaired) electrons. The van der Waals surface area contributed by atoms with E-state index >= 15 is 0 Å². The summed E-state index contributed by atoms with van der Waals surface area (Å²) in [5.41, 5.74) is 0.0340. The summed E-state index contributed by atoms with van der Waals surface area (Å²) in [7, 11) is 0. The van der Waals surface area contributed by atoms with Gasteiger partial charge in [0, 0.05) is 18.8 Å². The van der Waals surface area contributed by atoms with Crippen LogP contribution in [0.5, 0.6) is 0 Å². The molecule has 0 aliphatic rings. The van der Waals surface area contributed by atoms with Gasteiger partial charge >= 0.3 is 0 Å². The first-order valence-corrected chi connectivity index (χ1v) is 8.09. The lowest BCUT2D eigenvalue weighted by molar-refractivity contribution is -0.122. The van der Waals surface area contributed by atoms with E-state index in [0.717, 1.165) is 0 Å². The first-order valence-electron chi connectivity index (χ1n) is 8.09. The third-order valence-electron chi connectivity index (χ3n) is 3.89. The average molecular weight is 354 g/mol. The van der Waals surface area contributed by atoms with Gasteiger partial charge in [-0.1, -0.05) is 18.2 Å². The Labute approximate surface area is 148 Å². The molecule has 3 aromatic rings. The molecule has 0 bridgehead atoms. The first kappa shape index (κ1) is 17.6. The maximum absolute atomic E-state index is 12.3. The van der Waals surface area contributed by atoms with Gasteiger partial charge in [0.2, 0.25) is 5.91 Å². The number of fused-ring (bicyclic) bond motifs is 1. The van der Waals surface area contributed by atoms with Crippen molar-refractivity contribution in [3.05, 3.63) is 75.7 Å². The number of para-hydroxylation sites is 1. The molecule has 0 aliphatic heterocycles. The molecular formula is C18H18N4O4. The lowest BCUT2D eigenvalue weighted by Gasteiger charge is -2.14. The standard InChI is InChI=1S/C18H18N4O4/c23-13(10-21-8-4-3-7-17(21)25)9-19-16(24)11-22-12-20-15-6-2-1-5-14(15)18(22)26/h1-8,12-13,23H,9-11H2,(H,19,24). The Morgan fingerprint density at radius 1 is 1.12 bits per heavy atom. The van der Waals surface area contributed by atoms with Crippen LogP contribution in [0.3, 0.4) is 0 Å². The lowest BCUT2D eigenvalue weighted by Crippen LogP contribution is -2.39. The Morgan fingerprint density at radius 3 is 2.69 bits per heavy atom. The van der Waals surface area contributed by atoms with E-state index in [2.05, 4.69) is 10.3 Å². The van der Waals surface area contributed by atoms with Crippen LogP contribution in [0.2, 0.25) is 0 Å². The minimum Gasteiger partial charge on any atom is -0.389 e. The molecule has 0 saturated heterocycles. The molecule has 1 atom stereocenters. The van der Waals surface area contributed by atoms with Crippen molar-refractivity contribution < 1.29 is 9.90 Å². The highest BCUT2D eigenvalue weighted by Crippen LogP contribution is 2.04. The van der Waals surface area contributed by atoms with Crippen molar-refractivity contribution in [2.75, 3.05) is 6.54 Å². The van der Waals surface area contributed by atoms with E-state index in [1.165, 1.54) is 21.5 Å². The smallest absolute Gasteiger partial charge is 0.261 e. The summed E-state index contributed by atoms with van der Waals surface area (Å²) in [5, 5.41) is 13.0. The average Bonchev–Trinajstić information content (AvgIpc) is 2.64. The van der Waals surface area contributed by atoms with Crippen LogP contribution in [-0.2, 0) is 17.9 Å². The van der Waals surface area contributed by atoms with Crippen LogP contribution in [0.15, 0.2) is 64.6 Å². The summed E-state index contributed by atoms with van der Waals surface area (Å²) >= 11 is 0. The molecule has 1 unspecified atom stereocenters. The largest absolute Gasteiger partial charge is 0.389 e. The van der Waals surface area contributed by atoms with Crippen molar-refractivity contribution in [1.82, 2.24) is 19.4 Å². The van der Waals surface area contributed by atoms with Gasteiger partial charge in [0.1, 0.15) is 6.54 Å². The Bertz CT molecular complexity index is 1040. The van der Waals surface area contributed by atoms with Gasteiger partial charge < -0.3 is 15.0 Å². The van der Waals surface area contributed by atoms with Crippen molar-refractivity contribution in [1.29, 1.82) is 0 Å². The van der Waals surface area contributed by atoms with Gasteiger partial charge in [-0.25, -0.2) is 4.98 Å². The molecule has 8 heteroatoms. The predicted octanol–water partition coefficient (Wildman–Crippen LogP) is -0.265. The van der Waals surface area contributed by atoms with E-state index in [0.29, 0.717) is 10.9 Å². The van der Waals surface area contributed by atoms with E-state index < -0.39 is 12.0 Å². The third-order valence-corrected chi connectivity index (χ3v) is 3.89. The highest BCUT2D eigenvalue weighted by Gasteiger charge is 2.11. The number of nitrogens with one attached hydrogen (secondary N) is 1. The van der Waals surface area contributed by atoms with Crippen LogP contribution in [0, 0.1) is 0 Å². The van der Waals surface area contributed by atoms with Crippen molar-refractivity contribution in [2.45, 2.75) is 19.2 Å². The fraction of sp³-hybridized carbons (Fsp3) is 0.222. The minimum absolute atomic E-state index is 0.0318. The first-order chi connectivity index (χ1) is 12.5. The number of carbonyl (C=O) groups is 1. The number of pyridine rings is 1. The molecule has 2 aromatic heterocycles. The summed E-state index contributed by atoms with van der Waals surface area (Å²) in [5.74, 6) is -0.427. The zero-order valence-corrected chi connectivity index (χ0v) is 13.9. The molecule has 0 saturated carbocycles. The van der Waals surface area contributed by atoms with Crippen molar-refractivity contribution >= 4 is 16.8 Å². The number of hydrogen-bond acceptors (Lipinski definition) is 5. The molecule has 8 nitrogen and oxygen atoms in total. The zero-order chi connectivity index (χ0) is 18.5. The number of rotatable bonds is 6. The lowest BCUT2D eigenvalue weighted by atomic mass is 10.2. The SMILES string of the molecule is O=C(Cn1cnc2ccccc2c1=O)NCC(O)Cn1ccccc1=O. The van der Waals surface area contributed by atoms with Crippen molar-refractivity contribution in [3.63, 3.8) is 0 Å². The monoisotopic (exact) mass is 354 g/mol. The van der Waals surface area contributed by atoms with E-state index in [4.69, 9.17) is 0 Å². The van der Waals surface area contributed by atoms with Crippen LogP contribution in [-0.4, -0.2) is 37.8 Å². The molecule has 2 heterocycles. The predicted molar refractivity (Wildman–Crippen MR) is 95.7 cm³/mol. The molecule has 1 amide bonds. The van der Waals surface area contributed by atoms with Crippen LogP contribution in [0.1, 0.15) is 0 Å². The van der Waals surface area contributed by atoms with Crippen molar-refractivity contribution in [3.8, 4) is 0 Å². The molecule has 26 heavy (non-hydrogen) atoms. The maximum Gasteiger partial charge on any atom is 0.261 e. The molecule has 0 spiro atoms. The van der Waals surface area contributed by atoms with Crippen LogP contribution >= 0.6 is 0 Å². The van der Waals surface area contributed by atoms with Crippen LogP contribution < -0.4 is 16.4 Å². The maximum atomic E-state index is 12.3. The fourth-order valence-electron chi connectivity index (χ4n) is 2.56.